The van der Waals surface area contributed by atoms with E-state index >= 15 is 0 Å². The van der Waals surface area contributed by atoms with E-state index in [2.05, 4.69) is 0 Å². The first-order chi connectivity index (χ1) is 8.84. The van der Waals surface area contributed by atoms with Crippen LogP contribution in [0.25, 0.3) is 11.1 Å². The number of phenols is 2. The van der Waals surface area contributed by atoms with Gasteiger partial charge in [-0.1, -0.05) is 0 Å². The number of hydrogen-bond acceptors (Lipinski definition) is 2. The maximum atomic E-state index is 13.5. The van der Waals surface area contributed by atoms with E-state index in [9.17, 15) is 22.0 Å². The van der Waals surface area contributed by atoms with Gasteiger partial charge in [-0.05, 0) is 18.2 Å². The van der Waals surface area contributed by atoms with Gasteiger partial charge in [0.15, 0.2) is 17.4 Å². The molecule has 2 nitrogen and oxygen atoms in total. The van der Waals surface area contributed by atoms with Crippen LogP contribution in [-0.2, 0) is 0 Å². The van der Waals surface area contributed by atoms with Gasteiger partial charge in [0, 0.05) is 5.56 Å². The van der Waals surface area contributed by atoms with Crippen LogP contribution in [0.1, 0.15) is 0 Å². The SMILES string of the molecule is Oc1ccc(F)c(-c2c(F)c(F)c(O)c(F)c2F)c1. The lowest BCUT2D eigenvalue weighted by Gasteiger charge is -2.10. The lowest BCUT2D eigenvalue weighted by atomic mass is 10.0. The molecule has 0 aliphatic rings. The summed E-state index contributed by atoms with van der Waals surface area (Å²) in [6.45, 7) is 0. The first-order valence-electron chi connectivity index (χ1n) is 4.88. The van der Waals surface area contributed by atoms with Crippen molar-refractivity contribution in [1.82, 2.24) is 0 Å². The highest BCUT2D eigenvalue weighted by molar-refractivity contribution is 5.68. The second-order valence-corrected chi connectivity index (χ2v) is 3.64. The third-order valence-electron chi connectivity index (χ3n) is 2.46. The van der Waals surface area contributed by atoms with Gasteiger partial charge in [-0.15, -0.1) is 0 Å². The van der Waals surface area contributed by atoms with Crippen molar-refractivity contribution in [3.8, 4) is 22.6 Å². The van der Waals surface area contributed by atoms with Gasteiger partial charge in [-0.25, -0.2) is 13.2 Å². The summed E-state index contributed by atoms with van der Waals surface area (Å²) in [5, 5.41) is 17.9. The molecule has 2 aromatic carbocycles. The van der Waals surface area contributed by atoms with Crippen LogP contribution in [0.2, 0.25) is 0 Å². The number of hydrogen-bond donors (Lipinski definition) is 2. The normalized spacial score (nSPS) is 10.8. The fourth-order valence-corrected chi connectivity index (χ4v) is 1.56. The van der Waals surface area contributed by atoms with Crippen molar-refractivity contribution in [3.05, 3.63) is 47.3 Å². The Hall–Kier alpha value is -2.31. The van der Waals surface area contributed by atoms with Crippen molar-refractivity contribution in [2.24, 2.45) is 0 Å². The van der Waals surface area contributed by atoms with Gasteiger partial charge in [0.05, 0.1) is 5.56 Å². The monoisotopic (exact) mass is 276 g/mol. The molecule has 19 heavy (non-hydrogen) atoms. The average Bonchev–Trinajstić information content (AvgIpc) is 2.38. The maximum absolute atomic E-state index is 13.5. The Morgan fingerprint density at radius 3 is 1.79 bits per heavy atom. The maximum Gasteiger partial charge on any atom is 0.204 e. The third kappa shape index (κ3) is 1.96. The van der Waals surface area contributed by atoms with Gasteiger partial charge in [0.25, 0.3) is 0 Å². The highest BCUT2D eigenvalue weighted by Gasteiger charge is 2.27. The summed E-state index contributed by atoms with van der Waals surface area (Å²) in [7, 11) is 0. The number of halogens is 5. The van der Waals surface area contributed by atoms with E-state index in [1.165, 1.54) is 0 Å². The van der Waals surface area contributed by atoms with Crippen LogP contribution < -0.4 is 0 Å². The molecule has 0 atom stereocenters. The largest absolute Gasteiger partial charge is 0.508 e. The van der Waals surface area contributed by atoms with E-state index in [-0.39, 0.29) is 0 Å². The Morgan fingerprint density at radius 2 is 1.26 bits per heavy atom. The lowest BCUT2D eigenvalue weighted by Crippen LogP contribution is -2.01. The first kappa shape index (κ1) is 13.1. The van der Waals surface area contributed by atoms with Crippen LogP contribution in [0.3, 0.4) is 0 Å². The number of rotatable bonds is 1. The fraction of sp³-hybridized carbons (Fsp3) is 0. The molecule has 0 radical (unpaired) electrons. The molecule has 0 aliphatic heterocycles. The van der Waals surface area contributed by atoms with Crippen molar-refractivity contribution in [1.29, 1.82) is 0 Å². The second kappa shape index (κ2) is 4.42. The van der Waals surface area contributed by atoms with E-state index in [1.807, 2.05) is 0 Å². The zero-order chi connectivity index (χ0) is 14.3. The Labute approximate surface area is 103 Å². The molecule has 0 spiro atoms. The minimum Gasteiger partial charge on any atom is -0.508 e. The minimum atomic E-state index is -2.04. The summed E-state index contributed by atoms with van der Waals surface area (Å²) in [5.74, 6) is -11.6. The quantitative estimate of drug-likeness (QED) is 0.618. The molecule has 0 heterocycles. The fourth-order valence-electron chi connectivity index (χ4n) is 1.56. The van der Waals surface area contributed by atoms with Crippen LogP contribution in [0.4, 0.5) is 22.0 Å². The smallest absolute Gasteiger partial charge is 0.204 e. The highest BCUT2D eigenvalue weighted by atomic mass is 19.2. The predicted octanol–water partition coefficient (Wildman–Crippen LogP) is 3.46. The van der Waals surface area contributed by atoms with Crippen molar-refractivity contribution in [2.75, 3.05) is 0 Å². The summed E-state index contributed by atoms with van der Waals surface area (Å²) in [6.07, 6.45) is 0. The van der Waals surface area contributed by atoms with Crippen LogP contribution >= 0.6 is 0 Å². The van der Waals surface area contributed by atoms with E-state index < -0.39 is 51.7 Å². The molecule has 0 aliphatic carbocycles. The van der Waals surface area contributed by atoms with E-state index in [0.717, 1.165) is 6.07 Å². The topological polar surface area (TPSA) is 40.5 Å². The minimum absolute atomic E-state index is 0.552. The molecule has 0 unspecified atom stereocenters. The summed E-state index contributed by atoms with van der Waals surface area (Å²) >= 11 is 0. The zero-order valence-corrected chi connectivity index (χ0v) is 9.02. The highest BCUT2D eigenvalue weighted by Crippen LogP contribution is 2.37. The Bertz CT molecular complexity index is 641. The van der Waals surface area contributed by atoms with Crippen LogP contribution in [-0.4, -0.2) is 10.2 Å². The van der Waals surface area contributed by atoms with E-state index in [4.69, 9.17) is 10.2 Å². The molecule has 2 N–H and O–H groups in total. The molecule has 0 amide bonds. The van der Waals surface area contributed by atoms with Gasteiger partial charge in [-0.2, -0.15) is 8.78 Å². The van der Waals surface area contributed by atoms with Crippen LogP contribution in [0, 0.1) is 29.1 Å². The molecule has 2 aromatic rings. The van der Waals surface area contributed by atoms with Crippen molar-refractivity contribution >= 4 is 0 Å². The molecular weight excluding hydrogens is 271 g/mol. The summed E-state index contributed by atoms with van der Waals surface area (Å²) in [4.78, 5) is 0. The van der Waals surface area contributed by atoms with Crippen LogP contribution in [0.5, 0.6) is 11.5 Å². The summed E-state index contributed by atoms with van der Waals surface area (Å²) in [6, 6.07) is 2.17. The van der Waals surface area contributed by atoms with Gasteiger partial charge < -0.3 is 10.2 Å². The summed E-state index contributed by atoms with van der Waals surface area (Å²) < 4.78 is 66.7. The molecule has 0 aromatic heterocycles. The van der Waals surface area contributed by atoms with E-state index in [1.54, 1.807) is 0 Å². The standard InChI is InChI=1S/C12H5F5O2/c13-6-2-1-4(18)3-5(6)7-8(14)10(16)12(19)11(17)9(7)15/h1-3,18-19H. The van der Waals surface area contributed by atoms with Crippen molar-refractivity contribution < 1.29 is 32.2 Å². The molecule has 0 saturated heterocycles. The second-order valence-electron chi connectivity index (χ2n) is 3.64. The lowest BCUT2D eigenvalue weighted by molar-refractivity contribution is 0.358. The third-order valence-corrected chi connectivity index (χ3v) is 2.46. The molecule has 0 saturated carbocycles. The van der Waals surface area contributed by atoms with E-state index in [0.29, 0.717) is 12.1 Å². The Kier molecular flexibility index (Phi) is 3.05. The first-order valence-corrected chi connectivity index (χ1v) is 4.88. The molecule has 100 valence electrons. The zero-order valence-electron chi connectivity index (χ0n) is 9.02. The van der Waals surface area contributed by atoms with Gasteiger partial charge in [0.2, 0.25) is 11.6 Å². The molecule has 0 bridgehead atoms. The van der Waals surface area contributed by atoms with Gasteiger partial charge in [0.1, 0.15) is 11.6 Å². The number of aromatic hydroxyl groups is 2. The average molecular weight is 276 g/mol. The molecule has 7 heteroatoms. The molecule has 0 fully saturated rings. The Balaban J connectivity index is 2.87. The molecular formula is C12H5F5O2. The summed E-state index contributed by atoms with van der Waals surface area (Å²) in [5.41, 5.74) is -2.21. The van der Waals surface area contributed by atoms with Crippen molar-refractivity contribution in [2.45, 2.75) is 0 Å². The van der Waals surface area contributed by atoms with Crippen LogP contribution in [0.15, 0.2) is 18.2 Å². The predicted molar refractivity (Wildman–Crippen MR) is 55.0 cm³/mol. The van der Waals surface area contributed by atoms with Gasteiger partial charge >= 0.3 is 0 Å². The Morgan fingerprint density at radius 1 is 0.737 bits per heavy atom. The van der Waals surface area contributed by atoms with Gasteiger partial charge in [-0.3, -0.25) is 0 Å². The molecule has 2 rings (SSSR count). The number of benzene rings is 2. The number of phenolic OH excluding ortho intramolecular Hbond substituents is 2. The van der Waals surface area contributed by atoms with Crippen molar-refractivity contribution in [3.63, 3.8) is 0 Å².